The minimum atomic E-state index is -0.545. The molecule has 0 atom stereocenters. The Morgan fingerprint density at radius 1 is 1.09 bits per heavy atom. The number of carbonyl (C=O) groups is 1. The number of rotatable bonds is 7. The van der Waals surface area contributed by atoms with E-state index >= 15 is 0 Å². The number of hydrogen-bond donors (Lipinski definition) is 0. The largest absolute Gasteiger partial charge is 0.497 e. The Morgan fingerprint density at radius 2 is 1.87 bits per heavy atom. The maximum absolute atomic E-state index is 12.1. The van der Waals surface area contributed by atoms with Crippen molar-refractivity contribution < 1.29 is 23.9 Å². The van der Waals surface area contributed by atoms with Crippen molar-refractivity contribution in [3.05, 3.63) is 58.1 Å². The van der Waals surface area contributed by atoms with Crippen molar-refractivity contribution in [1.82, 2.24) is 0 Å². The lowest BCUT2D eigenvalue weighted by atomic mass is 10.1. The average Bonchev–Trinajstić information content (AvgIpc) is 2.59. The number of ether oxygens (including phenoxy) is 3. The summed E-state index contributed by atoms with van der Waals surface area (Å²) in [4.78, 5) is 22.4. The van der Waals surface area contributed by atoms with E-state index in [0.717, 1.165) is 0 Å². The summed E-state index contributed by atoms with van der Waals surface area (Å²) in [5.41, 5.74) is 0.281. The Labute approximate surface area is 132 Å². The summed E-state index contributed by atoms with van der Waals surface area (Å²) in [5, 5.41) is 10.8. The second-order valence-corrected chi connectivity index (χ2v) is 4.54. The first-order valence-electron chi connectivity index (χ1n) is 6.67. The molecule has 0 unspecified atom stereocenters. The van der Waals surface area contributed by atoms with Crippen molar-refractivity contribution in [3.8, 4) is 17.2 Å². The predicted octanol–water partition coefficient (Wildman–Crippen LogP) is 2.87. The number of carbonyl (C=O) groups excluding carboxylic acids is 1. The molecule has 0 radical (unpaired) electrons. The summed E-state index contributed by atoms with van der Waals surface area (Å²) in [6.45, 7) is -0.273. The van der Waals surface area contributed by atoms with Crippen molar-refractivity contribution in [2.24, 2.45) is 0 Å². The maximum Gasteiger partial charge on any atom is 0.273 e. The van der Waals surface area contributed by atoms with E-state index in [4.69, 9.17) is 14.2 Å². The Bertz CT molecular complexity index is 728. The number of methoxy groups -OCH3 is 2. The van der Waals surface area contributed by atoms with Crippen molar-refractivity contribution in [2.45, 2.75) is 0 Å². The van der Waals surface area contributed by atoms with Crippen LogP contribution in [-0.2, 0) is 0 Å². The summed E-state index contributed by atoms with van der Waals surface area (Å²) in [6, 6.07) is 10.6. The van der Waals surface area contributed by atoms with Crippen LogP contribution < -0.4 is 14.2 Å². The van der Waals surface area contributed by atoms with E-state index in [2.05, 4.69) is 0 Å². The van der Waals surface area contributed by atoms with Crippen LogP contribution in [0.5, 0.6) is 17.2 Å². The van der Waals surface area contributed by atoms with E-state index in [1.165, 1.54) is 32.4 Å². The molecule has 0 saturated heterocycles. The summed E-state index contributed by atoms with van der Waals surface area (Å²) in [5.74, 6) is 0.730. The van der Waals surface area contributed by atoms with Crippen LogP contribution in [0.25, 0.3) is 0 Å². The molecule has 2 rings (SSSR count). The Balaban J connectivity index is 2.14. The van der Waals surface area contributed by atoms with Gasteiger partial charge in [-0.1, -0.05) is 12.1 Å². The maximum atomic E-state index is 12.1. The monoisotopic (exact) mass is 317 g/mol. The number of ketones is 1. The van der Waals surface area contributed by atoms with Crippen molar-refractivity contribution in [1.29, 1.82) is 0 Å². The topological polar surface area (TPSA) is 87.9 Å². The normalized spacial score (nSPS) is 10.0. The fourth-order valence-corrected chi connectivity index (χ4v) is 1.91. The van der Waals surface area contributed by atoms with Gasteiger partial charge in [-0.05, 0) is 18.2 Å². The van der Waals surface area contributed by atoms with Gasteiger partial charge in [0.1, 0.15) is 5.75 Å². The zero-order chi connectivity index (χ0) is 16.8. The van der Waals surface area contributed by atoms with Crippen LogP contribution in [0.3, 0.4) is 0 Å². The number of Topliss-reactive ketones (excluding diaryl/α,β-unsaturated/α-hetero) is 1. The second kappa shape index (κ2) is 7.26. The van der Waals surface area contributed by atoms with E-state index in [-0.39, 0.29) is 23.8 Å². The minimum Gasteiger partial charge on any atom is -0.497 e. The molecule has 2 aromatic rings. The van der Waals surface area contributed by atoms with Crippen molar-refractivity contribution in [2.75, 3.05) is 20.8 Å². The molecule has 2 aromatic carbocycles. The number of non-ortho nitro benzene ring substituents is 1. The molecule has 0 heterocycles. The lowest BCUT2D eigenvalue weighted by Gasteiger charge is -2.10. The second-order valence-electron chi connectivity index (χ2n) is 4.54. The van der Waals surface area contributed by atoms with Crippen LogP contribution in [0.2, 0.25) is 0 Å². The summed E-state index contributed by atoms with van der Waals surface area (Å²) >= 11 is 0. The molecule has 0 bridgehead atoms. The molecule has 0 N–H and O–H groups in total. The molecule has 7 heteroatoms. The Hall–Kier alpha value is -3.09. The highest BCUT2D eigenvalue weighted by atomic mass is 16.6. The van der Waals surface area contributed by atoms with Crippen molar-refractivity contribution in [3.63, 3.8) is 0 Å². The molecular weight excluding hydrogens is 302 g/mol. The van der Waals surface area contributed by atoms with Crippen LogP contribution in [0.1, 0.15) is 10.4 Å². The van der Waals surface area contributed by atoms with E-state index < -0.39 is 4.92 Å². The molecule has 0 aromatic heterocycles. The smallest absolute Gasteiger partial charge is 0.273 e. The van der Waals surface area contributed by atoms with Gasteiger partial charge in [-0.3, -0.25) is 14.9 Å². The number of nitro benzene ring substituents is 1. The highest BCUT2D eigenvalue weighted by molar-refractivity contribution is 5.97. The van der Waals surface area contributed by atoms with Gasteiger partial charge in [-0.25, -0.2) is 0 Å². The third-order valence-electron chi connectivity index (χ3n) is 3.11. The summed E-state index contributed by atoms with van der Waals surface area (Å²) in [7, 11) is 2.92. The third-order valence-corrected chi connectivity index (χ3v) is 3.11. The SMILES string of the molecule is COc1cccc(C(=O)COc2cc([N+](=O)[O-])ccc2OC)c1. The third kappa shape index (κ3) is 3.97. The van der Waals surface area contributed by atoms with Gasteiger partial charge < -0.3 is 14.2 Å². The van der Waals surface area contributed by atoms with Gasteiger partial charge in [-0.15, -0.1) is 0 Å². The minimum absolute atomic E-state index is 0.137. The number of nitro groups is 1. The molecule has 23 heavy (non-hydrogen) atoms. The molecular formula is C16H15NO6. The molecule has 0 amide bonds. The Morgan fingerprint density at radius 3 is 2.52 bits per heavy atom. The number of hydrogen-bond acceptors (Lipinski definition) is 6. The van der Waals surface area contributed by atoms with Crippen LogP contribution in [0.15, 0.2) is 42.5 Å². The van der Waals surface area contributed by atoms with Gasteiger partial charge in [0.05, 0.1) is 25.2 Å². The fraction of sp³-hybridized carbons (Fsp3) is 0.188. The molecule has 7 nitrogen and oxygen atoms in total. The van der Waals surface area contributed by atoms with Gasteiger partial charge in [0.2, 0.25) is 0 Å². The molecule has 0 aliphatic carbocycles. The highest BCUT2D eigenvalue weighted by Crippen LogP contribution is 2.31. The molecule has 120 valence electrons. The standard InChI is InChI=1S/C16H15NO6/c1-21-13-5-3-4-11(8-13)14(18)10-23-16-9-12(17(19)20)6-7-15(16)22-2/h3-9H,10H2,1-2H3. The molecule has 0 spiro atoms. The van der Waals surface area contributed by atoms with Gasteiger partial charge in [0.15, 0.2) is 23.9 Å². The molecule has 0 fully saturated rings. The number of nitrogens with zero attached hydrogens (tertiary/aromatic N) is 1. The van der Waals surface area contributed by atoms with Crippen LogP contribution in [-0.4, -0.2) is 31.5 Å². The average molecular weight is 317 g/mol. The first kappa shape index (κ1) is 16.3. The summed E-state index contributed by atoms with van der Waals surface area (Å²) < 4.78 is 15.5. The van der Waals surface area contributed by atoms with Crippen molar-refractivity contribution >= 4 is 11.5 Å². The van der Waals surface area contributed by atoms with Crippen LogP contribution in [0, 0.1) is 10.1 Å². The van der Waals surface area contributed by atoms with Crippen LogP contribution >= 0.6 is 0 Å². The lowest BCUT2D eigenvalue weighted by molar-refractivity contribution is -0.385. The highest BCUT2D eigenvalue weighted by Gasteiger charge is 2.14. The van der Waals surface area contributed by atoms with E-state index in [1.807, 2.05) is 0 Å². The first-order valence-corrected chi connectivity index (χ1v) is 6.67. The summed E-state index contributed by atoms with van der Waals surface area (Å²) in [6.07, 6.45) is 0. The van der Waals surface area contributed by atoms with Gasteiger partial charge in [-0.2, -0.15) is 0 Å². The van der Waals surface area contributed by atoms with Crippen LogP contribution in [0.4, 0.5) is 5.69 Å². The molecule has 0 aliphatic heterocycles. The first-order chi connectivity index (χ1) is 11.0. The quantitative estimate of drug-likeness (QED) is 0.443. The zero-order valence-corrected chi connectivity index (χ0v) is 12.6. The van der Waals surface area contributed by atoms with Gasteiger partial charge >= 0.3 is 0 Å². The van der Waals surface area contributed by atoms with Gasteiger partial charge in [0, 0.05) is 11.6 Å². The van der Waals surface area contributed by atoms with E-state index in [9.17, 15) is 14.9 Å². The Kier molecular flexibility index (Phi) is 5.14. The van der Waals surface area contributed by atoms with E-state index in [1.54, 1.807) is 24.3 Å². The lowest BCUT2D eigenvalue weighted by Crippen LogP contribution is -2.12. The number of benzene rings is 2. The predicted molar refractivity (Wildman–Crippen MR) is 82.5 cm³/mol. The zero-order valence-electron chi connectivity index (χ0n) is 12.6. The van der Waals surface area contributed by atoms with Gasteiger partial charge in [0.25, 0.3) is 5.69 Å². The molecule has 0 saturated carbocycles. The fourth-order valence-electron chi connectivity index (χ4n) is 1.91. The molecule has 0 aliphatic rings. The van der Waals surface area contributed by atoms with E-state index in [0.29, 0.717) is 17.1 Å².